The molecule has 2 rings (SSSR count). The Morgan fingerprint density at radius 3 is 2.33 bits per heavy atom. The van der Waals surface area contributed by atoms with E-state index in [9.17, 15) is 4.79 Å². The molecule has 3 heteroatoms. The lowest BCUT2D eigenvalue weighted by Gasteiger charge is -2.19. The summed E-state index contributed by atoms with van der Waals surface area (Å²) in [5, 5.41) is 2.95. The molecule has 1 atom stereocenters. The Labute approximate surface area is 145 Å². The first-order chi connectivity index (χ1) is 11.4. The van der Waals surface area contributed by atoms with Gasteiger partial charge in [0.25, 0.3) is 5.91 Å². The highest BCUT2D eigenvalue weighted by Crippen LogP contribution is 2.23. The maximum atomic E-state index is 12.5. The summed E-state index contributed by atoms with van der Waals surface area (Å²) in [6.07, 6.45) is 0.110. The molecular weight excluding hydrogens is 298 g/mol. The van der Waals surface area contributed by atoms with Crippen LogP contribution in [0.4, 0.5) is 5.69 Å². The average molecular weight is 325 g/mol. The number of aryl methyl sites for hydroxylation is 1. The number of hydrogen-bond donors (Lipinski definition) is 1. The van der Waals surface area contributed by atoms with E-state index in [1.54, 1.807) is 0 Å². The van der Waals surface area contributed by atoms with E-state index < -0.39 is 6.10 Å². The fourth-order valence-electron chi connectivity index (χ4n) is 2.50. The van der Waals surface area contributed by atoms with Gasteiger partial charge in [0, 0.05) is 5.69 Å². The van der Waals surface area contributed by atoms with Crippen molar-refractivity contribution in [2.24, 2.45) is 0 Å². The van der Waals surface area contributed by atoms with E-state index in [4.69, 9.17) is 4.74 Å². The predicted octanol–water partition coefficient (Wildman–Crippen LogP) is 5.22. The summed E-state index contributed by atoms with van der Waals surface area (Å²) in [5.74, 6) is 1.13. The van der Waals surface area contributed by atoms with Crippen LogP contribution < -0.4 is 10.1 Å². The normalized spacial score (nSPS) is 12.1. The Bertz CT molecular complexity index is 689. The highest BCUT2D eigenvalue weighted by molar-refractivity contribution is 5.94. The fraction of sp³-hybridized carbons (Fsp3) is 0.381. The number of ether oxygens (including phenoxy) is 1. The van der Waals surface area contributed by atoms with E-state index in [1.807, 2.05) is 63.2 Å². The highest BCUT2D eigenvalue weighted by Gasteiger charge is 2.19. The van der Waals surface area contributed by atoms with Gasteiger partial charge in [-0.1, -0.05) is 45.0 Å². The highest BCUT2D eigenvalue weighted by atomic mass is 16.5. The summed E-state index contributed by atoms with van der Waals surface area (Å²) in [6, 6.07) is 13.9. The van der Waals surface area contributed by atoms with Crippen LogP contribution in [0, 0.1) is 13.8 Å². The lowest BCUT2D eigenvalue weighted by molar-refractivity contribution is -0.122. The molecule has 0 saturated heterocycles. The molecule has 0 radical (unpaired) electrons. The molecule has 1 unspecified atom stereocenters. The molecule has 0 saturated carbocycles. The first-order valence-corrected chi connectivity index (χ1v) is 8.56. The van der Waals surface area contributed by atoms with Crippen molar-refractivity contribution in [2.75, 3.05) is 5.32 Å². The number of anilines is 1. The van der Waals surface area contributed by atoms with E-state index in [0.29, 0.717) is 12.3 Å². The first-order valence-electron chi connectivity index (χ1n) is 8.56. The van der Waals surface area contributed by atoms with Crippen LogP contribution in [0.1, 0.15) is 49.8 Å². The van der Waals surface area contributed by atoms with Crippen LogP contribution in [0.5, 0.6) is 5.75 Å². The van der Waals surface area contributed by atoms with Crippen molar-refractivity contribution in [2.45, 2.75) is 53.1 Å². The van der Waals surface area contributed by atoms with Crippen molar-refractivity contribution in [3.63, 3.8) is 0 Å². The molecule has 0 aliphatic rings. The number of hydrogen-bond acceptors (Lipinski definition) is 2. The summed E-state index contributed by atoms with van der Waals surface area (Å²) in [6.45, 7) is 10.3. The SMILES string of the molecule is CCC(Oc1cccc(C)c1C)C(=O)Nc1ccc(C(C)C)cc1. The molecule has 0 spiro atoms. The molecule has 2 aromatic rings. The number of benzene rings is 2. The Hall–Kier alpha value is -2.29. The van der Waals surface area contributed by atoms with E-state index in [2.05, 4.69) is 19.2 Å². The summed E-state index contributed by atoms with van der Waals surface area (Å²) in [4.78, 5) is 12.5. The van der Waals surface area contributed by atoms with Gasteiger partial charge in [0.1, 0.15) is 5.75 Å². The van der Waals surface area contributed by atoms with E-state index in [-0.39, 0.29) is 5.91 Å². The van der Waals surface area contributed by atoms with Crippen LogP contribution in [0.15, 0.2) is 42.5 Å². The van der Waals surface area contributed by atoms with Gasteiger partial charge in [-0.3, -0.25) is 4.79 Å². The number of nitrogens with one attached hydrogen (secondary N) is 1. The zero-order valence-corrected chi connectivity index (χ0v) is 15.2. The van der Waals surface area contributed by atoms with Crippen LogP contribution in [-0.2, 0) is 4.79 Å². The van der Waals surface area contributed by atoms with Crippen LogP contribution >= 0.6 is 0 Å². The van der Waals surface area contributed by atoms with Gasteiger partial charge in [0.05, 0.1) is 0 Å². The van der Waals surface area contributed by atoms with Crippen molar-refractivity contribution < 1.29 is 9.53 Å². The molecule has 3 nitrogen and oxygen atoms in total. The van der Waals surface area contributed by atoms with Gasteiger partial charge in [-0.05, 0) is 61.1 Å². The Morgan fingerprint density at radius 1 is 1.08 bits per heavy atom. The monoisotopic (exact) mass is 325 g/mol. The standard InChI is InChI=1S/C21H27NO2/c1-6-19(24-20-9-7-8-15(4)16(20)5)21(23)22-18-12-10-17(11-13-18)14(2)3/h7-14,19H,6H2,1-5H3,(H,22,23). The van der Waals surface area contributed by atoms with Gasteiger partial charge in [0.2, 0.25) is 0 Å². The Morgan fingerprint density at radius 2 is 1.75 bits per heavy atom. The summed E-state index contributed by atoms with van der Waals surface area (Å²) >= 11 is 0. The third-order valence-electron chi connectivity index (χ3n) is 4.33. The number of carbonyl (C=O) groups excluding carboxylic acids is 1. The zero-order chi connectivity index (χ0) is 17.7. The first kappa shape index (κ1) is 18.1. The summed E-state index contributed by atoms with van der Waals surface area (Å²) in [7, 11) is 0. The molecule has 24 heavy (non-hydrogen) atoms. The molecule has 0 heterocycles. The van der Waals surface area contributed by atoms with Crippen molar-refractivity contribution in [3.8, 4) is 5.75 Å². The van der Waals surface area contributed by atoms with Crippen molar-refractivity contribution in [3.05, 3.63) is 59.2 Å². The fourth-order valence-corrected chi connectivity index (χ4v) is 2.50. The third-order valence-corrected chi connectivity index (χ3v) is 4.33. The molecule has 2 aromatic carbocycles. The summed E-state index contributed by atoms with van der Waals surface area (Å²) < 4.78 is 5.96. The topological polar surface area (TPSA) is 38.3 Å². The number of rotatable bonds is 6. The molecule has 0 bridgehead atoms. The van der Waals surface area contributed by atoms with Gasteiger partial charge >= 0.3 is 0 Å². The minimum atomic E-state index is -0.504. The largest absolute Gasteiger partial charge is 0.480 e. The predicted molar refractivity (Wildman–Crippen MR) is 99.8 cm³/mol. The van der Waals surface area contributed by atoms with Crippen LogP contribution in [0.25, 0.3) is 0 Å². The van der Waals surface area contributed by atoms with Gasteiger partial charge in [-0.2, -0.15) is 0 Å². The maximum absolute atomic E-state index is 12.5. The minimum absolute atomic E-state index is 0.115. The lowest BCUT2D eigenvalue weighted by Crippen LogP contribution is -2.32. The third kappa shape index (κ3) is 4.38. The van der Waals surface area contributed by atoms with Crippen LogP contribution in [0.2, 0.25) is 0 Å². The number of amides is 1. The molecule has 0 aromatic heterocycles. The minimum Gasteiger partial charge on any atom is -0.480 e. The van der Waals surface area contributed by atoms with E-state index in [1.165, 1.54) is 5.56 Å². The van der Waals surface area contributed by atoms with Crippen molar-refractivity contribution >= 4 is 11.6 Å². The smallest absolute Gasteiger partial charge is 0.265 e. The van der Waals surface area contributed by atoms with Gasteiger partial charge in [-0.25, -0.2) is 0 Å². The number of carbonyl (C=O) groups is 1. The molecule has 128 valence electrons. The van der Waals surface area contributed by atoms with Gasteiger partial charge < -0.3 is 10.1 Å². The lowest BCUT2D eigenvalue weighted by atomic mass is 10.0. The second-order valence-corrected chi connectivity index (χ2v) is 6.48. The Kier molecular flexibility index (Phi) is 6.02. The Balaban J connectivity index is 2.07. The molecule has 0 fully saturated rings. The second-order valence-electron chi connectivity index (χ2n) is 6.48. The van der Waals surface area contributed by atoms with Gasteiger partial charge in [-0.15, -0.1) is 0 Å². The van der Waals surface area contributed by atoms with E-state index in [0.717, 1.165) is 22.6 Å². The average Bonchev–Trinajstić information content (AvgIpc) is 2.56. The maximum Gasteiger partial charge on any atom is 0.265 e. The quantitative estimate of drug-likeness (QED) is 0.790. The molecule has 0 aliphatic heterocycles. The molecule has 0 aliphatic carbocycles. The summed E-state index contributed by atoms with van der Waals surface area (Å²) in [5.41, 5.74) is 4.29. The van der Waals surface area contributed by atoms with Gasteiger partial charge in [0.15, 0.2) is 6.10 Å². The van der Waals surface area contributed by atoms with Crippen molar-refractivity contribution in [1.82, 2.24) is 0 Å². The van der Waals surface area contributed by atoms with Crippen molar-refractivity contribution in [1.29, 1.82) is 0 Å². The van der Waals surface area contributed by atoms with E-state index >= 15 is 0 Å². The second kappa shape index (κ2) is 8.00. The van der Waals surface area contributed by atoms with Crippen LogP contribution in [0.3, 0.4) is 0 Å². The zero-order valence-electron chi connectivity index (χ0n) is 15.2. The van der Waals surface area contributed by atoms with Crippen LogP contribution in [-0.4, -0.2) is 12.0 Å². The molecule has 1 N–H and O–H groups in total. The molecule has 1 amide bonds. The molecular formula is C21H27NO2.